The quantitative estimate of drug-likeness (QED) is 0.422. The number of aliphatic carboxylic acids is 1. The molecule has 2 unspecified atom stereocenters. The van der Waals surface area contributed by atoms with Crippen molar-refractivity contribution in [3.05, 3.63) is 46.0 Å². The van der Waals surface area contributed by atoms with Crippen molar-refractivity contribution in [2.24, 2.45) is 11.7 Å². The van der Waals surface area contributed by atoms with Gasteiger partial charge in [0.2, 0.25) is 0 Å². The van der Waals surface area contributed by atoms with E-state index in [1.54, 1.807) is 12.2 Å². The Morgan fingerprint density at radius 2 is 2.10 bits per heavy atom. The highest BCUT2D eigenvalue weighted by Gasteiger charge is 2.25. The van der Waals surface area contributed by atoms with Gasteiger partial charge in [-0.05, 0) is 12.5 Å². The van der Waals surface area contributed by atoms with Crippen molar-refractivity contribution in [2.45, 2.75) is 12.5 Å². The molecule has 8 heteroatoms. The van der Waals surface area contributed by atoms with Crippen molar-refractivity contribution in [2.75, 3.05) is 5.32 Å². The van der Waals surface area contributed by atoms with Crippen molar-refractivity contribution in [1.82, 2.24) is 0 Å². The number of hydrogen-bond acceptors (Lipinski definition) is 5. The Morgan fingerprint density at radius 1 is 1.38 bits per heavy atom. The molecule has 21 heavy (non-hydrogen) atoms. The van der Waals surface area contributed by atoms with Crippen molar-refractivity contribution in [3.8, 4) is 0 Å². The molecule has 2 atom stereocenters. The number of nitro benzene ring substituents is 1. The highest BCUT2D eigenvalue weighted by molar-refractivity contribution is 5.99. The Labute approximate surface area is 119 Å². The Morgan fingerprint density at radius 3 is 2.62 bits per heavy atom. The van der Waals surface area contributed by atoms with Crippen LogP contribution in [0.5, 0.6) is 0 Å². The number of nitrogens with one attached hydrogen (secondary N) is 1. The molecule has 4 N–H and O–H groups in total. The van der Waals surface area contributed by atoms with Crippen LogP contribution >= 0.6 is 0 Å². The van der Waals surface area contributed by atoms with E-state index in [1.165, 1.54) is 12.1 Å². The first-order valence-corrected chi connectivity index (χ1v) is 6.14. The van der Waals surface area contributed by atoms with Crippen LogP contribution in [0.4, 0.5) is 11.4 Å². The molecule has 1 aliphatic rings. The lowest BCUT2D eigenvalue weighted by atomic mass is 10.1. The predicted octanol–water partition coefficient (Wildman–Crippen LogP) is 1.13. The lowest BCUT2D eigenvalue weighted by Gasteiger charge is -2.15. The van der Waals surface area contributed by atoms with Gasteiger partial charge < -0.3 is 16.2 Å². The van der Waals surface area contributed by atoms with Crippen LogP contribution in [0, 0.1) is 16.0 Å². The van der Waals surface area contributed by atoms with Crippen molar-refractivity contribution in [3.63, 3.8) is 0 Å². The molecule has 1 aromatic carbocycles. The molecule has 1 aliphatic carbocycles. The van der Waals surface area contributed by atoms with Crippen molar-refractivity contribution in [1.29, 1.82) is 0 Å². The number of amides is 1. The van der Waals surface area contributed by atoms with E-state index in [4.69, 9.17) is 10.8 Å². The van der Waals surface area contributed by atoms with Gasteiger partial charge in [-0.15, -0.1) is 0 Å². The molecule has 110 valence electrons. The Hall–Kier alpha value is -2.90. The first-order chi connectivity index (χ1) is 9.88. The fraction of sp³-hybridized carbons (Fsp3) is 0.231. The number of carboxylic acid groups (broad SMARTS) is 1. The zero-order valence-corrected chi connectivity index (χ0v) is 10.9. The number of carbonyl (C=O) groups is 2. The highest BCUT2D eigenvalue weighted by Crippen LogP contribution is 2.26. The standard InChI is InChI=1S/C13H13N3O5/c14-12(17)10-6-9(16(20)21)3-4-11(10)15-8-2-1-7(5-8)13(18)19/h1-4,6-8,15H,5H2,(H2,14,17)(H,18,19). The van der Waals surface area contributed by atoms with Gasteiger partial charge in [0.15, 0.2) is 0 Å². The number of carboxylic acids is 1. The topological polar surface area (TPSA) is 136 Å². The summed E-state index contributed by atoms with van der Waals surface area (Å²) in [6, 6.07) is 3.46. The number of carbonyl (C=O) groups excluding carboxylic acids is 1. The van der Waals surface area contributed by atoms with Gasteiger partial charge in [0, 0.05) is 23.9 Å². The van der Waals surface area contributed by atoms with Gasteiger partial charge in [-0.2, -0.15) is 0 Å². The zero-order valence-electron chi connectivity index (χ0n) is 10.9. The lowest BCUT2D eigenvalue weighted by Crippen LogP contribution is -2.21. The monoisotopic (exact) mass is 291 g/mol. The molecule has 0 heterocycles. The number of nitrogens with zero attached hydrogens (tertiary/aromatic N) is 1. The van der Waals surface area contributed by atoms with Gasteiger partial charge >= 0.3 is 5.97 Å². The van der Waals surface area contributed by atoms with Crippen molar-refractivity contribution >= 4 is 23.3 Å². The summed E-state index contributed by atoms with van der Waals surface area (Å²) in [6.45, 7) is 0. The van der Waals surface area contributed by atoms with Gasteiger partial charge in [0.25, 0.3) is 11.6 Å². The molecule has 1 aromatic rings. The third-order valence-corrected chi connectivity index (χ3v) is 3.22. The van der Waals surface area contributed by atoms with Gasteiger partial charge in [-0.25, -0.2) is 0 Å². The van der Waals surface area contributed by atoms with Gasteiger partial charge in [-0.3, -0.25) is 19.7 Å². The predicted molar refractivity (Wildman–Crippen MR) is 73.9 cm³/mol. The van der Waals surface area contributed by atoms with E-state index in [9.17, 15) is 19.7 Å². The van der Waals surface area contributed by atoms with Crippen LogP contribution in [0.25, 0.3) is 0 Å². The summed E-state index contributed by atoms with van der Waals surface area (Å²) in [5, 5.41) is 22.6. The average Bonchev–Trinajstić information content (AvgIpc) is 2.87. The number of benzene rings is 1. The molecule has 0 spiro atoms. The molecule has 0 aromatic heterocycles. The van der Waals surface area contributed by atoms with E-state index in [1.807, 2.05) is 0 Å². The number of nitrogens with two attached hydrogens (primary N) is 1. The lowest BCUT2D eigenvalue weighted by molar-refractivity contribution is -0.384. The first-order valence-electron chi connectivity index (χ1n) is 6.14. The summed E-state index contributed by atoms with van der Waals surface area (Å²) in [4.78, 5) is 32.3. The van der Waals surface area contributed by atoms with Gasteiger partial charge in [0.05, 0.1) is 16.4 Å². The number of primary amides is 1. The first kappa shape index (κ1) is 14.5. The molecule has 2 rings (SSSR count). The van der Waals surface area contributed by atoms with Crippen LogP contribution in [-0.2, 0) is 4.79 Å². The molecule has 1 amide bonds. The second kappa shape index (κ2) is 5.61. The molecule has 0 radical (unpaired) electrons. The maximum Gasteiger partial charge on any atom is 0.310 e. The SMILES string of the molecule is NC(=O)c1cc([N+](=O)[O-])ccc1NC1C=CC(C(=O)O)C1. The Kier molecular flexibility index (Phi) is 3.88. The van der Waals surface area contributed by atoms with Gasteiger partial charge in [0.1, 0.15) is 0 Å². The van der Waals surface area contributed by atoms with Crippen LogP contribution in [0.3, 0.4) is 0 Å². The minimum Gasteiger partial charge on any atom is -0.481 e. The molecule has 0 fully saturated rings. The smallest absolute Gasteiger partial charge is 0.310 e. The zero-order chi connectivity index (χ0) is 15.6. The van der Waals surface area contributed by atoms with Crippen LogP contribution < -0.4 is 11.1 Å². The Balaban J connectivity index is 2.21. The van der Waals surface area contributed by atoms with E-state index in [0.29, 0.717) is 12.1 Å². The summed E-state index contributed by atoms with van der Waals surface area (Å²) < 4.78 is 0. The molecule has 0 aliphatic heterocycles. The molecule has 0 bridgehead atoms. The van der Waals surface area contributed by atoms with Crippen LogP contribution in [0.2, 0.25) is 0 Å². The second-order valence-electron chi connectivity index (χ2n) is 4.67. The number of rotatable bonds is 5. The maximum atomic E-state index is 11.4. The summed E-state index contributed by atoms with van der Waals surface area (Å²) in [7, 11) is 0. The average molecular weight is 291 g/mol. The summed E-state index contributed by atoms with van der Waals surface area (Å²) >= 11 is 0. The van der Waals surface area contributed by atoms with Crippen LogP contribution in [0.1, 0.15) is 16.8 Å². The highest BCUT2D eigenvalue weighted by atomic mass is 16.6. The number of nitro groups is 1. The number of anilines is 1. The number of non-ortho nitro benzene ring substituents is 1. The minimum atomic E-state index is -0.922. The number of hydrogen-bond donors (Lipinski definition) is 3. The fourth-order valence-electron chi connectivity index (χ4n) is 2.16. The van der Waals surface area contributed by atoms with E-state index in [-0.39, 0.29) is 17.3 Å². The fourth-order valence-corrected chi connectivity index (χ4v) is 2.16. The van der Waals surface area contributed by atoms with Gasteiger partial charge in [-0.1, -0.05) is 12.2 Å². The molecule has 0 saturated heterocycles. The van der Waals surface area contributed by atoms with Crippen molar-refractivity contribution < 1.29 is 19.6 Å². The molecular formula is C13H13N3O5. The summed E-state index contributed by atoms with van der Waals surface area (Å²) in [6.07, 6.45) is 3.59. The summed E-state index contributed by atoms with van der Waals surface area (Å²) in [5.41, 5.74) is 5.32. The van der Waals surface area contributed by atoms with Crippen LogP contribution in [-0.4, -0.2) is 27.9 Å². The Bertz CT molecular complexity index is 641. The van der Waals surface area contributed by atoms with E-state index in [0.717, 1.165) is 6.07 Å². The van der Waals surface area contributed by atoms with E-state index < -0.39 is 22.7 Å². The normalized spacial score (nSPS) is 20.2. The summed E-state index contributed by atoms with van der Waals surface area (Å²) in [5.74, 6) is -2.30. The largest absolute Gasteiger partial charge is 0.481 e. The third kappa shape index (κ3) is 3.16. The maximum absolute atomic E-state index is 11.4. The molecular weight excluding hydrogens is 278 g/mol. The minimum absolute atomic E-state index is 0.00336. The molecule has 0 saturated carbocycles. The van der Waals surface area contributed by atoms with E-state index in [2.05, 4.69) is 5.32 Å². The molecule has 8 nitrogen and oxygen atoms in total. The third-order valence-electron chi connectivity index (χ3n) is 3.22. The van der Waals surface area contributed by atoms with Crippen LogP contribution in [0.15, 0.2) is 30.4 Å². The van der Waals surface area contributed by atoms with E-state index >= 15 is 0 Å². The second-order valence-corrected chi connectivity index (χ2v) is 4.67.